The zero-order valence-electron chi connectivity index (χ0n) is 8.85. The van der Waals surface area contributed by atoms with Crippen LogP contribution in [-0.2, 0) is 26.5 Å². The van der Waals surface area contributed by atoms with Crippen LogP contribution in [0, 0.1) is 5.41 Å². The van der Waals surface area contributed by atoms with Gasteiger partial charge in [0.25, 0.3) is 0 Å². The second-order valence-corrected chi connectivity index (χ2v) is 1.71. The average Bonchev–Trinajstić information content (AvgIpc) is 1.80. The second-order valence-electron chi connectivity index (χ2n) is 1.71. The fourth-order valence-corrected chi connectivity index (χ4v) is 0.465. The summed E-state index contributed by atoms with van der Waals surface area (Å²) in [7, 11) is 1.59. The van der Waals surface area contributed by atoms with E-state index in [-0.39, 0.29) is 61.7 Å². The van der Waals surface area contributed by atoms with Crippen LogP contribution in [0.3, 0.4) is 0 Å². The van der Waals surface area contributed by atoms with Crippen molar-refractivity contribution in [3.05, 3.63) is 17.8 Å². The summed E-state index contributed by atoms with van der Waals surface area (Å²) in [4.78, 5) is 3.35. The number of hydrogen-bond acceptors (Lipinski definition) is 8. The van der Waals surface area contributed by atoms with E-state index >= 15 is 0 Å². The maximum Gasteiger partial charge on any atom is 8.00 e. The van der Waals surface area contributed by atoms with E-state index < -0.39 is 0 Å². The molecule has 0 aliphatic heterocycles. The van der Waals surface area contributed by atoms with Gasteiger partial charge in [-0.05, 0) is 6.07 Å². The Morgan fingerprint density at radius 3 is 1.87 bits per heavy atom. The van der Waals surface area contributed by atoms with Crippen molar-refractivity contribution in [3.63, 3.8) is 0 Å². The minimum absolute atomic E-state index is 0. The van der Waals surface area contributed by atoms with Crippen LogP contribution in [0.2, 0.25) is 0 Å². The zero-order chi connectivity index (χ0) is 6.85. The standard InChI is InChI=1S/C5H7N3O.5H3N.Ru/c1-8-3-2-4(6)7-5(8)9;;;;;;/h2-3H,1H3,(H2,6,7,9);5*1H3;/q;;;;;;+8/p-1. The largest absolute Gasteiger partial charge is 8.00 e. The van der Waals surface area contributed by atoms with Crippen LogP contribution in [-0.4, -0.2) is 9.55 Å². The topological polar surface area (TPSA) is 240 Å². The Morgan fingerprint density at radius 1 is 1.20 bits per heavy atom. The number of aromatic nitrogens is 2. The number of rotatable bonds is 0. The van der Waals surface area contributed by atoms with Gasteiger partial charge in [0.1, 0.15) is 5.49 Å². The third-order valence-corrected chi connectivity index (χ3v) is 0.974. The first-order valence-corrected chi connectivity index (χ1v) is 2.45. The number of nitrogens with zero attached hydrogens (tertiary/aromatic N) is 2. The van der Waals surface area contributed by atoms with Crippen LogP contribution < -0.4 is 41.3 Å². The molecule has 0 radical (unpaired) electrons. The first kappa shape index (κ1) is 36.9. The normalized spacial score (nSPS) is 5.67. The van der Waals surface area contributed by atoms with Crippen molar-refractivity contribution in [3.8, 4) is 6.01 Å². The molecule has 16 N–H and O–H groups in total. The van der Waals surface area contributed by atoms with E-state index in [2.05, 4.69) is 4.98 Å². The minimum atomic E-state index is -0.387. The summed E-state index contributed by atoms with van der Waals surface area (Å²) in [5.41, 5.74) is 0.0121. The van der Waals surface area contributed by atoms with Crippen molar-refractivity contribution >= 4 is 0 Å². The Hall–Kier alpha value is -0.897. The Balaban J connectivity index is -0.0000000337. The summed E-state index contributed by atoms with van der Waals surface area (Å²) in [6.45, 7) is 0. The summed E-state index contributed by atoms with van der Waals surface area (Å²) in [6, 6.07) is 1.07. The molecule has 0 bridgehead atoms. The number of nitrogens with one attached hydrogen (secondary N) is 1. The molecular weight excluding hydrogens is 289 g/mol. The maximum atomic E-state index is 10.6. The van der Waals surface area contributed by atoms with Gasteiger partial charge in [0.15, 0.2) is 0 Å². The fourth-order valence-electron chi connectivity index (χ4n) is 0.465. The molecule has 0 saturated heterocycles. The molecule has 1 aromatic heterocycles. The van der Waals surface area contributed by atoms with E-state index in [1.165, 1.54) is 16.8 Å². The fraction of sp³-hybridized carbons (Fsp3) is 0.200. The summed E-state index contributed by atoms with van der Waals surface area (Å²) >= 11 is 0. The van der Waals surface area contributed by atoms with Crippen molar-refractivity contribution in [2.24, 2.45) is 7.05 Å². The van der Waals surface area contributed by atoms with Crippen molar-refractivity contribution < 1.29 is 24.6 Å². The van der Waals surface area contributed by atoms with Gasteiger partial charge in [0.2, 0.25) is 0 Å². The molecule has 9 nitrogen and oxygen atoms in total. The first-order chi connectivity index (χ1) is 4.20. The van der Waals surface area contributed by atoms with Gasteiger partial charge in [0.05, 0.1) is 6.01 Å². The molecule has 10 heteroatoms. The smallest absolute Gasteiger partial charge is 0.846 e. The molecule has 0 atom stereocenters. The molecule has 1 heterocycles. The predicted molar refractivity (Wildman–Crippen MR) is 53.6 cm³/mol. The monoisotopic (exact) mass is 311 g/mol. The van der Waals surface area contributed by atoms with Crippen LogP contribution in [0.15, 0.2) is 12.3 Å². The molecule has 88 valence electrons. The van der Waals surface area contributed by atoms with Gasteiger partial charge in [-0.1, -0.05) is 0 Å². The van der Waals surface area contributed by atoms with Crippen molar-refractivity contribution in [1.29, 1.82) is 5.41 Å². The van der Waals surface area contributed by atoms with Crippen LogP contribution in [0.1, 0.15) is 0 Å². The Bertz CT molecular complexity index is 276. The first-order valence-electron chi connectivity index (χ1n) is 2.45. The van der Waals surface area contributed by atoms with Crippen LogP contribution in [0.4, 0.5) is 0 Å². The third-order valence-electron chi connectivity index (χ3n) is 0.974. The van der Waals surface area contributed by atoms with Crippen LogP contribution in [0.5, 0.6) is 6.01 Å². The van der Waals surface area contributed by atoms with E-state index in [0.29, 0.717) is 0 Å². The molecule has 0 aliphatic carbocycles. The molecule has 1 aromatic rings. The third kappa shape index (κ3) is 11.0. The Morgan fingerprint density at radius 2 is 1.60 bits per heavy atom. The van der Waals surface area contributed by atoms with Gasteiger partial charge in [-0.2, -0.15) is 0 Å². The second kappa shape index (κ2) is 15.6. The summed E-state index contributed by atoms with van der Waals surface area (Å²) in [5.74, 6) is 0. The van der Waals surface area contributed by atoms with Gasteiger partial charge in [-0.3, -0.25) is 5.41 Å². The molecule has 0 amide bonds. The zero-order valence-corrected chi connectivity index (χ0v) is 10.6. The summed E-state index contributed by atoms with van der Waals surface area (Å²) in [6.07, 6.45) is 1.51. The SMILES string of the molecule is Cn1ccc(=N)nc1[O-].N.N.N.N.N.[Ru+8]. The average molecular weight is 310 g/mol. The van der Waals surface area contributed by atoms with E-state index in [0.717, 1.165) is 0 Å². The maximum absolute atomic E-state index is 10.6. The minimum Gasteiger partial charge on any atom is -0.846 e. The molecule has 15 heavy (non-hydrogen) atoms. The van der Waals surface area contributed by atoms with E-state index in [9.17, 15) is 5.11 Å². The summed E-state index contributed by atoms with van der Waals surface area (Å²) in [5, 5.41) is 17.5. The van der Waals surface area contributed by atoms with E-state index in [1.807, 2.05) is 0 Å². The van der Waals surface area contributed by atoms with Gasteiger partial charge in [-0.15, -0.1) is 0 Å². The van der Waals surface area contributed by atoms with Crippen molar-refractivity contribution in [2.45, 2.75) is 0 Å². The quantitative estimate of drug-likeness (QED) is 0.351. The van der Waals surface area contributed by atoms with Gasteiger partial charge < -0.3 is 40.4 Å². The van der Waals surface area contributed by atoms with Crippen LogP contribution >= 0.6 is 0 Å². The van der Waals surface area contributed by atoms with E-state index in [1.54, 1.807) is 7.05 Å². The van der Waals surface area contributed by atoms with Gasteiger partial charge in [-0.25, -0.2) is 4.98 Å². The molecule has 0 aromatic carbocycles. The van der Waals surface area contributed by atoms with Crippen LogP contribution in [0.25, 0.3) is 0 Å². The predicted octanol–water partition coefficient (Wildman–Crippen LogP) is -0.219. The Labute approximate surface area is 101 Å². The number of hydrogen-bond donors (Lipinski definition) is 6. The van der Waals surface area contributed by atoms with E-state index in [4.69, 9.17) is 5.41 Å². The van der Waals surface area contributed by atoms with Crippen molar-refractivity contribution in [2.75, 3.05) is 0 Å². The number of aryl methyl sites for hydroxylation is 1. The molecule has 0 fully saturated rings. The molecule has 1 rings (SSSR count). The molecule has 0 spiro atoms. The Kier molecular flexibility index (Phi) is 38.3. The summed E-state index contributed by atoms with van der Waals surface area (Å²) < 4.78 is 1.32. The molecular formula is C5H21N8ORu+7. The molecule has 0 aliphatic rings. The molecule has 0 saturated carbocycles. The van der Waals surface area contributed by atoms with Crippen molar-refractivity contribution in [1.82, 2.24) is 40.3 Å². The van der Waals surface area contributed by atoms with Gasteiger partial charge >= 0.3 is 19.5 Å². The van der Waals surface area contributed by atoms with Gasteiger partial charge in [0, 0.05) is 13.2 Å². The molecule has 0 unspecified atom stereocenters.